The van der Waals surface area contributed by atoms with E-state index < -0.39 is 0 Å². The van der Waals surface area contributed by atoms with Gasteiger partial charge in [0.1, 0.15) is 0 Å². The van der Waals surface area contributed by atoms with E-state index in [4.69, 9.17) is 5.73 Å². The normalized spacial score (nSPS) is 10.1. The van der Waals surface area contributed by atoms with Crippen LogP contribution in [-0.2, 0) is 0 Å². The van der Waals surface area contributed by atoms with Crippen molar-refractivity contribution in [2.75, 3.05) is 30.7 Å². The summed E-state index contributed by atoms with van der Waals surface area (Å²) in [6, 6.07) is 6.03. The van der Waals surface area contributed by atoms with Crippen LogP contribution in [0.2, 0.25) is 0 Å². The maximum absolute atomic E-state index is 5.75. The van der Waals surface area contributed by atoms with Crippen LogP contribution in [0.3, 0.4) is 0 Å². The van der Waals surface area contributed by atoms with E-state index in [2.05, 4.69) is 23.3 Å². The van der Waals surface area contributed by atoms with Crippen molar-refractivity contribution in [1.29, 1.82) is 0 Å². The van der Waals surface area contributed by atoms with E-state index in [9.17, 15) is 0 Å². The molecule has 0 spiro atoms. The van der Waals surface area contributed by atoms with Crippen LogP contribution < -0.4 is 16.4 Å². The lowest BCUT2D eigenvalue weighted by molar-refractivity contribution is 0.711. The Kier molecular flexibility index (Phi) is 5.43. The van der Waals surface area contributed by atoms with Crippen LogP contribution in [0.25, 0.3) is 0 Å². The highest BCUT2D eigenvalue weighted by atomic mass is 14.9. The smallest absolute Gasteiger partial charge is 0.0345 e. The number of anilines is 2. The van der Waals surface area contributed by atoms with Crippen molar-refractivity contribution in [1.82, 2.24) is 5.32 Å². The third-order valence-corrected chi connectivity index (χ3v) is 2.42. The van der Waals surface area contributed by atoms with E-state index in [0.717, 1.165) is 43.0 Å². The van der Waals surface area contributed by atoms with Crippen molar-refractivity contribution in [3.8, 4) is 0 Å². The number of benzene rings is 1. The molecule has 0 aromatic heterocycles. The zero-order chi connectivity index (χ0) is 11.8. The van der Waals surface area contributed by atoms with Crippen LogP contribution in [0.1, 0.15) is 12.0 Å². The number of nitrogen functional groups attached to an aromatic ring is 1. The minimum absolute atomic E-state index is 0.846. The molecule has 0 amide bonds. The Balaban J connectivity index is 2.21. The van der Waals surface area contributed by atoms with Gasteiger partial charge in [-0.25, -0.2) is 0 Å². The molecule has 0 radical (unpaired) electrons. The first kappa shape index (κ1) is 12.6. The molecule has 0 heterocycles. The summed E-state index contributed by atoms with van der Waals surface area (Å²) in [5, 5.41) is 6.63. The topological polar surface area (TPSA) is 50.1 Å². The number of hydrogen-bond donors (Lipinski definition) is 3. The summed E-state index contributed by atoms with van der Waals surface area (Å²) < 4.78 is 0. The predicted molar refractivity (Wildman–Crippen MR) is 71.8 cm³/mol. The molecule has 88 valence electrons. The third kappa shape index (κ3) is 4.36. The Morgan fingerprint density at radius 3 is 2.88 bits per heavy atom. The first-order chi connectivity index (χ1) is 7.74. The van der Waals surface area contributed by atoms with Crippen molar-refractivity contribution in [3.05, 3.63) is 36.4 Å². The Hall–Kier alpha value is -1.48. The SMILES string of the molecule is C=CCNCCCNc1ccc(N)c(C)c1. The quantitative estimate of drug-likeness (QED) is 0.374. The summed E-state index contributed by atoms with van der Waals surface area (Å²) in [5.74, 6) is 0. The average molecular weight is 219 g/mol. The maximum Gasteiger partial charge on any atom is 0.0345 e. The summed E-state index contributed by atoms with van der Waals surface area (Å²) in [5.41, 5.74) is 8.85. The monoisotopic (exact) mass is 219 g/mol. The minimum atomic E-state index is 0.846. The molecule has 0 saturated heterocycles. The van der Waals surface area contributed by atoms with Gasteiger partial charge in [0.25, 0.3) is 0 Å². The van der Waals surface area contributed by atoms with Gasteiger partial charge in [-0.15, -0.1) is 6.58 Å². The number of rotatable bonds is 7. The number of nitrogens with one attached hydrogen (secondary N) is 2. The van der Waals surface area contributed by atoms with E-state index in [1.165, 1.54) is 0 Å². The molecule has 0 aliphatic heterocycles. The van der Waals surface area contributed by atoms with Crippen LogP contribution in [0.15, 0.2) is 30.9 Å². The molecule has 0 unspecified atom stereocenters. The zero-order valence-corrected chi connectivity index (χ0v) is 9.92. The van der Waals surface area contributed by atoms with Gasteiger partial charge in [-0.1, -0.05) is 6.08 Å². The number of hydrogen-bond acceptors (Lipinski definition) is 3. The summed E-state index contributed by atoms with van der Waals surface area (Å²) in [6.45, 7) is 8.52. The van der Waals surface area contributed by atoms with Gasteiger partial charge in [-0.3, -0.25) is 0 Å². The molecule has 0 bridgehead atoms. The second kappa shape index (κ2) is 6.90. The molecule has 1 rings (SSSR count). The van der Waals surface area contributed by atoms with Crippen LogP contribution in [-0.4, -0.2) is 19.6 Å². The van der Waals surface area contributed by atoms with Crippen molar-refractivity contribution in [2.24, 2.45) is 0 Å². The Bertz CT molecular complexity index is 334. The third-order valence-electron chi connectivity index (χ3n) is 2.42. The van der Waals surface area contributed by atoms with Crippen LogP contribution in [0.4, 0.5) is 11.4 Å². The second-order valence-electron chi connectivity index (χ2n) is 3.84. The molecule has 16 heavy (non-hydrogen) atoms. The minimum Gasteiger partial charge on any atom is -0.399 e. The zero-order valence-electron chi connectivity index (χ0n) is 9.92. The molecular weight excluding hydrogens is 198 g/mol. The van der Waals surface area contributed by atoms with E-state index in [1.807, 2.05) is 25.1 Å². The summed E-state index contributed by atoms with van der Waals surface area (Å²) in [7, 11) is 0. The Labute approximate surface area is 97.7 Å². The lowest BCUT2D eigenvalue weighted by atomic mass is 10.2. The van der Waals surface area contributed by atoms with Crippen LogP contribution in [0, 0.1) is 6.92 Å². The predicted octanol–water partition coefficient (Wildman–Crippen LogP) is 2.15. The van der Waals surface area contributed by atoms with Gasteiger partial charge in [0.2, 0.25) is 0 Å². The van der Waals surface area contributed by atoms with E-state index in [1.54, 1.807) is 0 Å². The highest BCUT2D eigenvalue weighted by Crippen LogP contribution is 2.16. The van der Waals surface area contributed by atoms with Gasteiger partial charge in [-0.2, -0.15) is 0 Å². The summed E-state index contributed by atoms with van der Waals surface area (Å²) >= 11 is 0. The summed E-state index contributed by atoms with van der Waals surface area (Å²) in [6.07, 6.45) is 2.97. The number of aryl methyl sites for hydroxylation is 1. The van der Waals surface area contributed by atoms with Gasteiger partial charge in [0, 0.05) is 24.5 Å². The molecular formula is C13H21N3. The van der Waals surface area contributed by atoms with Crippen LogP contribution >= 0.6 is 0 Å². The molecule has 3 heteroatoms. The van der Waals surface area contributed by atoms with E-state index >= 15 is 0 Å². The van der Waals surface area contributed by atoms with Crippen molar-refractivity contribution < 1.29 is 0 Å². The van der Waals surface area contributed by atoms with E-state index in [0.29, 0.717) is 0 Å². The fourth-order valence-electron chi connectivity index (χ4n) is 1.44. The molecule has 0 atom stereocenters. The first-order valence-corrected chi connectivity index (χ1v) is 5.65. The second-order valence-corrected chi connectivity index (χ2v) is 3.84. The maximum atomic E-state index is 5.75. The molecule has 1 aromatic rings. The highest BCUT2D eigenvalue weighted by molar-refractivity contribution is 5.56. The van der Waals surface area contributed by atoms with Gasteiger partial charge in [0.05, 0.1) is 0 Å². The Morgan fingerprint density at radius 2 is 2.19 bits per heavy atom. The molecule has 0 aliphatic rings. The highest BCUT2D eigenvalue weighted by Gasteiger charge is 1.95. The van der Waals surface area contributed by atoms with Crippen molar-refractivity contribution in [3.63, 3.8) is 0 Å². The van der Waals surface area contributed by atoms with Crippen molar-refractivity contribution >= 4 is 11.4 Å². The van der Waals surface area contributed by atoms with Crippen LogP contribution in [0.5, 0.6) is 0 Å². The fourth-order valence-corrected chi connectivity index (χ4v) is 1.44. The molecule has 0 saturated carbocycles. The summed E-state index contributed by atoms with van der Waals surface area (Å²) in [4.78, 5) is 0. The van der Waals surface area contributed by atoms with Gasteiger partial charge in [-0.05, 0) is 43.7 Å². The molecule has 4 N–H and O–H groups in total. The average Bonchev–Trinajstić information content (AvgIpc) is 2.28. The number of nitrogens with two attached hydrogens (primary N) is 1. The van der Waals surface area contributed by atoms with Gasteiger partial charge < -0.3 is 16.4 Å². The molecule has 1 aromatic carbocycles. The van der Waals surface area contributed by atoms with Gasteiger partial charge >= 0.3 is 0 Å². The largest absolute Gasteiger partial charge is 0.399 e. The Morgan fingerprint density at radius 1 is 1.38 bits per heavy atom. The molecule has 0 aliphatic carbocycles. The van der Waals surface area contributed by atoms with Crippen molar-refractivity contribution in [2.45, 2.75) is 13.3 Å². The van der Waals surface area contributed by atoms with Gasteiger partial charge in [0.15, 0.2) is 0 Å². The van der Waals surface area contributed by atoms with E-state index in [-0.39, 0.29) is 0 Å². The standard InChI is InChI=1S/C13H21N3/c1-3-7-15-8-4-9-16-12-5-6-13(14)11(2)10-12/h3,5-6,10,15-16H,1,4,7-9,14H2,2H3. The molecule has 0 fully saturated rings. The molecule has 3 nitrogen and oxygen atoms in total. The first-order valence-electron chi connectivity index (χ1n) is 5.65. The lowest BCUT2D eigenvalue weighted by Crippen LogP contribution is -2.17. The lowest BCUT2D eigenvalue weighted by Gasteiger charge is -2.08. The fraction of sp³-hybridized carbons (Fsp3) is 0.385.